The smallest absolute Gasteiger partial charge is 0.120 e. The van der Waals surface area contributed by atoms with Gasteiger partial charge in [-0.25, -0.2) is 0 Å². The maximum atomic E-state index is 10.5. The molecule has 1 aromatic heterocycles. The predicted octanol–water partition coefficient (Wildman–Crippen LogP) is 3.00. The van der Waals surface area contributed by atoms with Gasteiger partial charge in [0.15, 0.2) is 0 Å². The summed E-state index contributed by atoms with van der Waals surface area (Å²) in [5, 5.41) is 4.65. The molecule has 0 radical (unpaired) electrons. The molecule has 0 fully saturated rings. The first-order valence-electron chi connectivity index (χ1n) is 7.33. The van der Waals surface area contributed by atoms with Crippen LogP contribution in [0.5, 0.6) is 0 Å². The zero-order chi connectivity index (χ0) is 13.8. The fraction of sp³-hybridized carbons (Fsp3) is 0.353. The summed E-state index contributed by atoms with van der Waals surface area (Å²) in [5.41, 5.74) is 3.98. The summed E-state index contributed by atoms with van der Waals surface area (Å²) in [7, 11) is 0. The van der Waals surface area contributed by atoms with Crippen LogP contribution in [0.15, 0.2) is 36.4 Å². The van der Waals surface area contributed by atoms with E-state index in [1.165, 1.54) is 22.3 Å². The molecule has 2 aromatic rings. The Kier molecular flexibility index (Phi) is 3.97. The Morgan fingerprint density at radius 3 is 3.00 bits per heavy atom. The summed E-state index contributed by atoms with van der Waals surface area (Å²) < 4.78 is 2.39. The van der Waals surface area contributed by atoms with Gasteiger partial charge in [-0.2, -0.15) is 0 Å². The molecule has 0 saturated carbocycles. The molecule has 0 bridgehead atoms. The molecule has 3 rings (SSSR count). The van der Waals surface area contributed by atoms with Crippen molar-refractivity contribution in [3.63, 3.8) is 0 Å². The van der Waals surface area contributed by atoms with Crippen molar-refractivity contribution in [3.8, 4) is 0 Å². The minimum absolute atomic E-state index is 0.641. The van der Waals surface area contributed by atoms with Crippen molar-refractivity contribution in [2.45, 2.75) is 25.7 Å². The molecule has 0 spiro atoms. The van der Waals surface area contributed by atoms with Crippen LogP contribution in [0.2, 0.25) is 0 Å². The van der Waals surface area contributed by atoms with E-state index in [4.69, 9.17) is 0 Å². The third-order valence-electron chi connectivity index (χ3n) is 3.87. The molecule has 1 aromatic carbocycles. The van der Waals surface area contributed by atoms with Gasteiger partial charge in [-0.15, -0.1) is 0 Å². The molecule has 1 aliphatic rings. The molecule has 3 heteroatoms. The number of fused-ring (bicyclic) bond motifs is 1. The highest BCUT2D eigenvalue weighted by molar-refractivity contribution is 5.85. The standard InChI is InChI=1S/C17H20N2O/c20-12-4-3-6-16-13-14-5-1-2-7-17(14)19(16)15-8-10-18-11-9-15/h1-2,5,7-8,12-13,18H,3-4,6,9-11H2. The second kappa shape index (κ2) is 6.06. The van der Waals surface area contributed by atoms with E-state index in [2.05, 4.69) is 46.3 Å². The Morgan fingerprint density at radius 2 is 2.20 bits per heavy atom. The quantitative estimate of drug-likeness (QED) is 0.668. The molecule has 0 amide bonds. The van der Waals surface area contributed by atoms with E-state index in [0.717, 1.165) is 38.6 Å². The van der Waals surface area contributed by atoms with Gasteiger partial charge < -0.3 is 14.7 Å². The highest BCUT2D eigenvalue weighted by Gasteiger charge is 2.13. The second-order valence-electron chi connectivity index (χ2n) is 5.24. The first kappa shape index (κ1) is 13.1. The number of unbranched alkanes of at least 4 members (excludes halogenated alkanes) is 1. The molecule has 3 nitrogen and oxygen atoms in total. The van der Waals surface area contributed by atoms with Gasteiger partial charge in [0.05, 0.1) is 5.52 Å². The number of hydrogen-bond donors (Lipinski definition) is 1. The largest absolute Gasteiger partial charge is 0.318 e. The van der Waals surface area contributed by atoms with Gasteiger partial charge in [0.1, 0.15) is 6.29 Å². The Bertz CT molecular complexity index is 639. The van der Waals surface area contributed by atoms with Gasteiger partial charge in [-0.1, -0.05) is 24.3 Å². The van der Waals surface area contributed by atoms with Crippen molar-refractivity contribution >= 4 is 22.9 Å². The normalized spacial score (nSPS) is 15.3. The summed E-state index contributed by atoms with van der Waals surface area (Å²) in [6, 6.07) is 10.8. The van der Waals surface area contributed by atoms with E-state index in [-0.39, 0.29) is 0 Å². The topological polar surface area (TPSA) is 34.0 Å². The lowest BCUT2D eigenvalue weighted by atomic mass is 10.1. The second-order valence-corrected chi connectivity index (χ2v) is 5.24. The average Bonchev–Trinajstić information content (AvgIpc) is 2.86. The number of carbonyl (C=O) groups excluding carboxylic acids is 1. The number of nitrogens with one attached hydrogen (secondary N) is 1. The zero-order valence-electron chi connectivity index (χ0n) is 11.6. The molecule has 0 saturated heterocycles. The van der Waals surface area contributed by atoms with E-state index in [1.807, 2.05) is 0 Å². The van der Waals surface area contributed by atoms with Crippen molar-refractivity contribution < 1.29 is 4.79 Å². The highest BCUT2D eigenvalue weighted by Crippen LogP contribution is 2.27. The Hall–Kier alpha value is -1.87. The minimum Gasteiger partial charge on any atom is -0.318 e. The molecule has 0 aliphatic carbocycles. The Balaban J connectivity index is 2.03. The summed E-state index contributed by atoms with van der Waals surface area (Å²) >= 11 is 0. The monoisotopic (exact) mass is 268 g/mol. The first-order chi connectivity index (χ1) is 9.90. The Labute approximate surface area is 119 Å². The van der Waals surface area contributed by atoms with Crippen molar-refractivity contribution in [2.24, 2.45) is 0 Å². The van der Waals surface area contributed by atoms with E-state index in [1.54, 1.807) is 0 Å². The van der Waals surface area contributed by atoms with E-state index in [9.17, 15) is 4.79 Å². The van der Waals surface area contributed by atoms with Crippen LogP contribution in [0.3, 0.4) is 0 Å². The number of benzene rings is 1. The van der Waals surface area contributed by atoms with Crippen LogP contribution in [-0.2, 0) is 11.2 Å². The number of aromatic nitrogens is 1. The number of nitrogens with zero attached hydrogens (tertiary/aromatic N) is 1. The fourth-order valence-corrected chi connectivity index (χ4v) is 2.92. The third kappa shape index (κ3) is 2.54. The number of hydrogen-bond acceptors (Lipinski definition) is 2. The number of aldehydes is 1. The molecule has 2 heterocycles. The van der Waals surface area contributed by atoms with Gasteiger partial charge in [0.2, 0.25) is 0 Å². The number of para-hydroxylation sites is 1. The predicted molar refractivity (Wildman–Crippen MR) is 82.7 cm³/mol. The average molecular weight is 268 g/mol. The molecule has 1 aliphatic heterocycles. The Morgan fingerprint density at radius 1 is 1.30 bits per heavy atom. The summed E-state index contributed by atoms with van der Waals surface area (Å²) in [4.78, 5) is 10.5. The number of carbonyl (C=O) groups is 1. The molecule has 104 valence electrons. The number of rotatable bonds is 5. The molecule has 1 N–H and O–H groups in total. The molecule has 20 heavy (non-hydrogen) atoms. The van der Waals surface area contributed by atoms with Crippen LogP contribution in [0.4, 0.5) is 0 Å². The summed E-state index contributed by atoms with van der Waals surface area (Å²) in [6.45, 7) is 1.97. The molecular formula is C17H20N2O. The summed E-state index contributed by atoms with van der Waals surface area (Å²) in [6.07, 6.45) is 6.86. The van der Waals surface area contributed by atoms with Crippen LogP contribution in [-0.4, -0.2) is 23.9 Å². The van der Waals surface area contributed by atoms with Gasteiger partial charge in [-0.05, 0) is 25.0 Å². The maximum Gasteiger partial charge on any atom is 0.120 e. The summed E-state index contributed by atoms with van der Waals surface area (Å²) in [5.74, 6) is 0. The lowest BCUT2D eigenvalue weighted by molar-refractivity contribution is -0.107. The van der Waals surface area contributed by atoms with Crippen LogP contribution >= 0.6 is 0 Å². The van der Waals surface area contributed by atoms with Gasteiger partial charge in [-0.3, -0.25) is 0 Å². The third-order valence-corrected chi connectivity index (χ3v) is 3.87. The lowest BCUT2D eigenvalue weighted by Gasteiger charge is -2.19. The maximum absolute atomic E-state index is 10.5. The van der Waals surface area contributed by atoms with Crippen LogP contribution < -0.4 is 5.32 Å². The molecule has 0 unspecified atom stereocenters. The van der Waals surface area contributed by atoms with Crippen LogP contribution in [0.1, 0.15) is 25.0 Å². The van der Waals surface area contributed by atoms with Crippen molar-refractivity contribution in [2.75, 3.05) is 13.1 Å². The minimum atomic E-state index is 0.641. The number of aryl methyl sites for hydroxylation is 1. The first-order valence-corrected chi connectivity index (χ1v) is 7.33. The lowest BCUT2D eigenvalue weighted by Crippen LogP contribution is -2.22. The van der Waals surface area contributed by atoms with E-state index < -0.39 is 0 Å². The van der Waals surface area contributed by atoms with Crippen molar-refractivity contribution in [1.82, 2.24) is 9.88 Å². The van der Waals surface area contributed by atoms with Gasteiger partial charge in [0.25, 0.3) is 0 Å². The van der Waals surface area contributed by atoms with E-state index >= 15 is 0 Å². The van der Waals surface area contributed by atoms with E-state index in [0.29, 0.717) is 6.42 Å². The molecule has 0 atom stereocenters. The zero-order valence-corrected chi connectivity index (χ0v) is 11.6. The SMILES string of the molecule is O=CCCCc1cc2ccccc2n1C1=CCNCC1. The van der Waals surface area contributed by atoms with Gasteiger partial charge in [0, 0.05) is 42.7 Å². The highest BCUT2D eigenvalue weighted by atomic mass is 16.1. The molecular weight excluding hydrogens is 248 g/mol. The van der Waals surface area contributed by atoms with Gasteiger partial charge >= 0.3 is 0 Å². The van der Waals surface area contributed by atoms with Crippen molar-refractivity contribution in [1.29, 1.82) is 0 Å². The van der Waals surface area contributed by atoms with Crippen LogP contribution in [0.25, 0.3) is 16.6 Å². The fourth-order valence-electron chi connectivity index (χ4n) is 2.92. The van der Waals surface area contributed by atoms with Crippen LogP contribution in [0, 0.1) is 0 Å². The van der Waals surface area contributed by atoms with Crippen molar-refractivity contribution in [3.05, 3.63) is 42.1 Å².